The third-order valence-corrected chi connectivity index (χ3v) is 0.538. The molecule has 0 spiro atoms. The number of carboxylic acid groups (broad SMARTS) is 1. The molecule has 0 heterocycles. The molecule has 0 aliphatic heterocycles. The lowest BCUT2D eigenvalue weighted by Gasteiger charge is -1.90. The molecule has 0 saturated carbocycles. The van der Waals surface area contributed by atoms with Crippen LogP contribution in [-0.2, 0) is 9.59 Å². The van der Waals surface area contributed by atoms with Crippen LogP contribution in [0, 0.1) is 0 Å². The Bertz CT molecular complexity index is 149. The van der Waals surface area contributed by atoms with Crippen LogP contribution in [0.15, 0.2) is 12.7 Å². The first kappa shape index (κ1) is 12.5. The van der Waals surface area contributed by atoms with Gasteiger partial charge in [0.1, 0.15) is 0 Å². The van der Waals surface area contributed by atoms with Crippen molar-refractivity contribution < 1.29 is 24.9 Å². The van der Waals surface area contributed by atoms with E-state index in [1.807, 2.05) is 0 Å². The van der Waals surface area contributed by atoms with Gasteiger partial charge in [-0.05, 0) is 6.92 Å². The predicted octanol–water partition coefficient (Wildman–Crippen LogP) is -0.857. The van der Waals surface area contributed by atoms with E-state index in [1.165, 1.54) is 0 Å². The number of aliphatic hydroxyl groups excluding tert-OH is 1. The molecule has 3 N–H and O–H groups in total. The summed E-state index contributed by atoms with van der Waals surface area (Å²) in [6.07, 6.45) is -0.954. The largest absolute Gasteiger partial charge is 0.478 e. The Morgan fingerprint density at radius 1 is 1.45 bits per heavy atom. The number of Topliss-reactive ketones (excluding diaryl/α,β-unsaturated/α-hetero) is 1. The second kappa shape index (κ2) is 6.91. The Labute approximate surface area is 63.6 Å². The van der Waals surface area contributed by atoms with Crippen molar-refractivity contribution >= 4 is 11.8 Å². The summed E-state index contributed by atoms with van der Waals surface area (Å²) in [4.78, 5) is 18.9. The van der Waals surface area contributed by atoms with Crippen molar-refractivity contribution in [3.8, 4) is 0 Å². The maximum Gasteiger partial charge on any atom is 0.327 e. The lowest BCUT2D eigenvalue weighted by Crippen LogP contribution is -2.14. The van der Waals surface area contributed by atoms with Crippen molar-refractivity contribution in [3.63, 3.8) is 0 Å². The van der Waals surface area contributed by atoms with E-state index in [1.54, 1.807) is 0 Å². The molecule has 0 atom stereocenters. The molecular formula is C6H10O5. The molecule has 0 aromatic heterocycles. The fourth-order valence-electron chi connectivity index (χ4n) is 0. The number of carbonyl (C=O) groups is 2. The molecule has 0 unspecified atom stereocenters. The average molecular weight is 162 g/mol. The third-order valence-electron chi connectivity index (χ3n) is 0.538. The lowest BCUT2D eigenvalue weighted by atomic mass is 10.4. The van der Waals surface area contributed by atoms with E-state index in [2.05, 4.69) is 6.58 Å². The molecule has 0 radical (unpaired) electrons. The average Bonchev–Trinajstić information content (AvgIpc) is 1.89. The Kier molecular flexibility index (Phi) is 7.84. The number of hydrogen-bond acceptors (Lipinski definition) is 4. The first-order valence-corrected chi connectivity index (χ1v) is 2.63. The first-order chi connectivity index (χ1) is 4.91. The number of rotatable bonds is 2. The van der Waals surface area contributed by atoms with E-state index in [0.29, 0.717) is 0 Å². The summed E-state index contributed by atoms with van der Waals surface area (Å²) in [5.41, 5.74) is 0. The van der Waals surface area contributed by atoms with Gasteiger partial charge in [0.05, 0.1) is 0 Å². The molecule has 0 bridgehead atoms. The summed E-state index contributed by atoms with van der Waals surface area (Å²) in [6.45, 7) is 4.06. The van der Waals surface area contributed by atoms with Crippen molar-refractivity contribution in [1.29, 1.82) is 0 Å². The van der Waals surface area contributed by atoms with Gasteiger partial charge >= 0.3 is 5.97 Å². The van der Waals surface area contributed by atoms with Gasteiger partial charge in [-0.3, -0.25) is 4.79 Å². The summed E-state index contributed by atoms with van der Waals surface area (Å²) < 4.78 is 0. The van der Waals surface area contributed by atoms with Crippen LogP contribution in [0.3, 0.4) is 0 Å². The normalized spacial score (nSPS) is 8.00. The van der Waals surface area contributed by atoms with Crippen LogP contribution < -0.4 is 0 Å². The van der Waals surface area contributed by atoms with Gasteiger partial charge in [-0.25, -0.2) is 4.79 Å². The van der Waals surface area contributed by atoms with Crippen molar-refractivity contribution in [3.05, 3.63) is 12.7 Å². The topological polar surface area (TPSA) is 94.8 Å². The monoisotopic (exact) mass is 162 g/mol. The summed E-state index contributed by atoms with van der Waals surface area (Å²) in [7, 11) is 0. The molecule has 0 aliphatic carbocycles. The van der Waals surface area contributed by atoms with Crippen LogP contribution in [0.1, 0.15) is 6.92 Å². The zero-order chi connectivity index (χ0) is 9.44. The highest BCUT2D eigenvalue weighted by Crippen LogP contribution is 1.72. The van der Waals surface area contributed by atoms with Gasteiger partial charge in [0.15, 0.2) is 5.78 Å². The van der Waals surface area contributed by atoms with Crippen molar-refractivity contribution in [2.75, 3.05) is 0 Å². The lowest BCUT2D eigenvalue weighted by molar-refractivity contribution is -0.142. The molecule has 0 amide bonds. The molecule has 0 aromatic rings. The zero-order valence-electron chi connectivity index (χ0n) is 6.02. The molecule has 5 nitrogen and oxygen atoms in total. The predicted molar refractivity (Wildman–Crippen MR) is 36.7 cm³/mol. The minimum absolute atomic E-state index is 0.630. The molecular weight excluding hydrogens is 152 g/mol. The molecule has 0 aromatic carbocycles. The second-order valence-electron chi connectivity index (χ2n) is 1.53. The van der Waals surface area contributed by atoms with Crippen molar-refractivity contribution in [1.82, 2.24) is 0 Å². The van der Waals surface area contributed by atoms with E-state index < -0.39 is 18.0 Å². The van der Waals surface area contributed by atoms with Gasteiger partial charge in [-0.1, -0.05) is 6.58 Å². The summed E-state index contributed by atoms with van der Waals surface area (Å²) >= 11 is 0. The third kappa shape index (κ3) is 17.7. The minimum Gasteiger partial charge on any atom is -0.478 e. The Morgan fingerprint density at radius 3 is 1.64 bits per heavy atom. The van der Waals surface area contributed by atoms with Crippen LogP contribution in [-0.4, -0.2) is 33.4 Å². The smallest absolute Gasteiger partial charge is 0.327 e. The number of aliphatic carboxylic acids is 1. The van der Waals surface area contributed by atoms with Crippen LogP contribution in [0.25, 0.3) is 0 Å². The van der Waals surface area contributed by atoms with Gasteiger partial charge in [-0.2, -0.15) is 0 Å². The highest BCUT2D eigenvalue weighted by Gasteiger charge is 1.99. The molecule has 5 heteroatoms. The standard InChI is InChI=1S/C3H6O3.C3H4O2/c1-2(4)3(5)6;1-2-3(4)5/h3,5-6H,1H3;2H,1H2,(H,4,5). The van der Waals surface area contributed by atoms with Gasteiger partial charge in [-0.15, -0.1) is 0 Å². The molecule has 0 saturated heterocycles. The summed E-state index contributed by atoms with van der Waals surface area (Å²) in [5.74, 6) is -1.61. The molecule has 11 heavy (non-hydrogen) atoms. The van der Waals surface area contributed by atoms with Gasteiger partial charge in [0.25, 0.3) is 0 Å². The summed E-state index contributed by atoms with van der Waals surface area (Å²) in [5, 5.41) is 23.3. The Hall–Kier alpha value is -1.20. The molecule has 0 fully saturated rings. The Balaban J connectivity index is 0. The SMILES string of the molecule is C=CC(=O)O.CC(=O)C(O)O. The maximum absolute atomic E-state index is 9.64. The van der Waals surface area contributed by atoms with E-state index in [-0.39, 0.29) is 0 Å². The molecule has 64 valence electrons. The van der Waals surface area contributed by atoms with E-state index in [0.717, 1.165) is 13.0 Å². The maximum atomic E-state index is 9.64. The van der Waals surface area contributed by atoms with Crippen LogP contribution in [0.5, 0.6) is 0 Å². The number of carbonyl (C=O) groups excluding carboxylic acids is 1. The Morgan fingerprint density at radius 2 is 1.64 bits per heavy atom. The van der Waals surface area contributed by atoms with Crippen LogP contribution in [0.4, 0.5) is 0 Å². The van der Waals surface area contributed by atoms with Gasteiger partial charge in [0, 0.05) is 6.08 Å². The van der Waals surface area contributed by atoms with Crippen molar-refractivity contribution in [2.45, 2.75) is 13.2 Å². The fourth-order valence-corrected chi connectivity index (χ4v) is 0. The van der Waals surface area contributed by atoms with Crippen LogP contribution >= 0.6 is 0 Å². The number of carboxylic acids is 1. The van der Waals surface area contributed by atoms with Gasteiger partial charge < -0.3 is 15.3 Å². The number of aliphatic hydroxyl groups is 2. The number of hydrogen-bond donors (Lipinski definition) is 3. The number of ketones is 1. The second-order valence-corrected chi connectivity index (χ2v) is 1.53. The van der Waals surface area contributed by atoms with E-state index >= 15 is 0 Å². The van der Waals surface area contributed by atoms with Crippen LogP contribution in [0.2, 0.25) is 0 Å². The van der Waals surface area contributed by atoms with E-state index in [9.17, 15) is 9.59 Å². The minimum atomic E-state index is -1.79. The quantitative estimate of drug-likeness (QED) is 0.363. The zero-order valence-corrected chi connectivity index (χ0v) is 6.02. The summed E-state index contributed by atoms with van der Waals surface area (Å²) in [6, 6.07) is 0. The highest BCUT2D eigenvalue weighted by atomic mass is 16.5. The first-order valence-electron chi connectivity index (χ1n) is 2.63. The highest BCUT2D eigenvalue weighted by molar-refractivity contribution is 5.78. The van der Waals surface area contributed by atoms with Crippen molar-refractivity contribution in [2.24, 2.45) is 0 Å². The fraction of sp³-hybridized carbons (Fsp3) is 0.333. The van der Waals surface area contributed by atoms with Gasteiger partial charge in [0.2, 0.25) is 6.29 Å². The molecule has 0 rings (SSSR count). The van der Waals surface area contributed by atoms with E-state index in [4.69, 9.17) is 15.3 Å². The molecule has 0 aliphatic rings.